The Morgan fingerprint density at radius 3 is 2.73 bits per heavy atom. The number of hydrogen-bond acceptors (Lipinski definition) is 10. The van der Waals surface area contributed by atoms with Crippen LogP contribution in [0.1, 0.15) is 55.4 Å². The molecule has 1 aromatic heterocycles. The molecular formula is C25H37N10O5+. The monoisotopic (exact) mass is 557 g/mol. The first-order chi connectivity index (χ1) is 19.2. The van der Waals surface area contributed by atoms with Crippen molar-refractivity contribution in [2.45, 2.75) is 74.8 Å². The van der Waals surface area contributed by atoms with Crippen LogP contribution in [0.5, 0.6) is 0 Å². The Balaban J connectivity index is 1.19. The molecule has 1 spiro atoms. The maximum atomic E-state index is 13.6. The number of nitrogens with zero attached hydrogens (tertiary/aromatic N) is 2. The van der Waals surface area contributed by atoms with Crippen molar-refractivity contribution in [1.82, 2.24) is 30.8 Å². The van der Waals surface area contributed by atoms with Crippen molar-refractivity contribution in [2.75, 3.05) is 13.1 Å². The lowest BCUT2D eigenvalue weighted by Gasteiger charge is -2.43. The lowest BCUT2D eigenvalue weighted by Crippen LogP contribution is -2.88. The summed E-state index contributed by atoms with van der Waals surface area (Å²) in [7, 11) is 0. The van der Waals surface area contributed by atoms with E-state index in [1.807, 2.05) is 4.98 Å². The molecule has 40 heavy (non-hydrogen) atoms. The molecule has 11 N–H and O–H groups in total. The van der Waals surface area contributed by atoms with Gasteiger partial charge in [0.25, 0.3) is 11.5 Å². The van der Waals surface area contributed by atoms with E-state index in [-0.39, 0.29) is 42.5 Å². The molecule has 6 rings (SSSR count). The Bertz CT molecular complexity index is 1340. The first-order valence-electron chi connectivity index (χ1n) is 14.1. The van der Waals surface area contributed by atoms with E-state index < -0.39 is 47.0 Å². The molecule has 2 amide bonds. The van der Waals surface area contributed by atoms with Gasteiger partial charge in [0, 0.05) is 25.1 Å². The Labute approximate surface area is 229 Å². The number of aromatic amines is 2. The van der Waals surface area contributed by atoms with E-state index in [1.165, 1.54) is 19.3 Å². The summed E-state index contributed by atoms with van der Waals surface area (Å²) in [5.41, 5.74) is 9.61. The summed E-state index contributed by atoms with van der Waals surface area (Å²) in [6.45, 7) is 0.195. The van der Waals surface area contributed by atoms with Gasteiger partial charge >= 0.3 is 11.6 Å². The number of fused-ring (bicyclic) bond motifs is 1. The number of nitrogens with two attached hydrogens (primary N) is 2. The van der Waals surface area contributed by atoms with Gasteiger partial charge in [-0.15, -0.1) is 0 Å². The van der Waals surface area contributed by atoms with Gasteiger partial charge in [-0.05, 0) is 24.7 Å². The van der Waals surface area contributed by atoms with Gasteiger partial charge in [0.05, 0.1) is 6.04 Å². The highest BCUT2D eigenvalue weighted by Crippen LogP contribution is 2.44. The Hall–Kier alpha value is -3.88. The average Bonchev–Trinajstić information content (AvgIpc) is 3.42. The molecule has 2 saturated carbocycles. The number of guanidine groups is 2. The highest BCUT2D eigenvalue weighted by atomic mass is 16.3. The quantitative estimate of drug-likeness (QED) is 0.169. The lowest BCUT2D eigenvalue weighted by molar-refractivity contribution is -0.513. The normalized spacial score (nSPS) is 36.3. The molecule has 8 atom stereocenters. The number of H-pyrrole nitrogens is 2. The Morgan fingerprint density at radius 1 is 1.15 bits per heavy atom. The molecule has 0 radical (unpaired) electrons. The number of hydrogen-bond donors (Lipinski definition) is 9. The van der Waals surface area contributed by atoms with Crippen LogP contribution in [0.15, 0.2) is 20.6 Å². The molecule has 0 bridgehead atoms. The highest BCUT2D eigenvalue weighted by Gasteiger charge is 2.68. The molecule has 4 unspecified atom stereocenters. The number of aromatic nitrogens is 2. The van der Waals surface area contributed by atoms with E-state index in [2.05, 4.69) is 30.9 Å². The second kappa shape index (κ2) is 9.94. The second-order valence-corrected chi connectivity index (χ2v) is 11.7. The molecule has 0 aromatic carbocycles. The summed E-state index contributed by atoms with van der Waals surface area (Å²) in [4.78, 5) is 63.1. The molecule has 15 heteroatoms. The SMILES string of the molecule is NC1=N[C@@H](CNC(=O)c2cc(=O)[nH]c(=O)[nH]2)[C@@H]2[NH+]=C(N)N[C@@]23[C@H](O)C(NC(=O)C2CCCC4CCCCC42)CN13. The predicted octanol–water partition coefficient (Wildman–Crippen LogP) is -4.68. The van der Waals surface area contributed by atoms with Crippen LogP contribution in [0.4, 0.5) is 0 Å². The van der Waals surface area contributed by atoms with E-state index in [0.717, 1.165) is 31.7 Å². The molecule has 15 nitrogen and oxygen atoms in total. The topological polar surface area (TPSA) is 238 Å². The standard InChI is InChI=1S/C25H36N10O5/c26-22-33-18-15(9-28-21(39)14-8-17(36)32-24(40)31-14)30-23(27)35-10-16(19(37)25(18,35)34-22)29-20(38)13-7-3-5-11-4-1-2-6-12(11)13/h8,11-13,15-16,18-19,37H,1-7,9-10H2,(H2,27,30)(H,28,39)(H,29,38)(H3,26,33,34)(H2,31,32,36,40)/p+1/t11?,12?,13?,15-,16?,18-,19+,25-/m0/s1. The predicted molar refractivity (Wildman–Crippen MR) is 143 cm³/mol. The third-order valence-electron chi connectivity index (χ3n) is 9.45. The van der Waals surface area contributed by atoms with Gasteiger partial charge < -0.3 is 31.4 Å². The van der Waals surface area contributed by atoms with Crippen molar-refractivity contribution in [3.8, 4) is 0 Å². The van der Waals surface area contributed by atoms with E-state index in [1.54, 1.807) is 4.90 Å². The van der Waals surface area contributed by atoms with Crippen LogP contribution in [0.3, 0.4) is 0 Å². The largest absolute Gasteiger partial charge is 0.385 e. The lowest BCUT2D eigenvalue weighted by atomic mass is 9.65. The number of aliphatic hydroxyl groups excluding tert-OH is 1. The van der Waals surface area contributed by atoms with Gasteiger partial charge in [-0.3, -0.25) is 30.1 Å². The third-order valence-corrected chi connectivity index (χ3v) is 9.45. The van der Waals surface area contributed by atoms with E-state index >= 15 is 0 Å². The van der Waals surface area contributed by atoms with Crippen LogP contribution in [-0.2, 0) is 4.79 Å². The Morgan fingerprint density at radius 2 is 1.93 bits per heavy atom. The van der Waals surface area contributed by atoms with E-state index in [4.69, 9.17) is 11.5 Å². The van der Waals surface area contributed by atoms with Gasteiger partial charge in [0.2, 0.25) is 11.6 Å². The first kappa shape index (κ1) is 26.3. The Kier molecular flexibility index (Phi) is 6.55. The molecule has 3 fully saturated rings. The molecule has 5 aliphatic rings. The maximum absolute atomic E-state index is 13.6. The van der Waals surface area contributed by atoms with Gasteiger partial charge in [0.15, 0.2) is 12.0 Å². The minimum atomic E-state index is -1.21. The van der Waals surface area contributed by atoms with Gasteiger partial charge in [-0.2, -0.15) is 0 Å². The van der Waals surface area contributed by atoms with Crippen LogP contribution >= 0.6 is 0 Å². The van der Waals surface area contributed by atoms with E-state index in [0.29, 0.717) is 11.8 Å². The van der Waals surface area contributed by atoms with Crippen molar-refractivity contribution in [3.63, 3.8) is 0 Å². The fourth-order valence-electron chi connectivity index (χ4n) is 7.73. The van der Waals surface area contributed by atoms with Gasteiger partial charge in [-0.25, -0.2) is 15.1 Å². The summed E-state index contributed by atoms with van der Waals surface area (Å²) >= 11 is 0. The number of aliphatic hydroxyl groups is 1. The van der Waals surface area contributed by atoms with Crippen molar-refractivity contribution >= 4 is 23.7 Å². The summed E-state index contributed by atoms with van der Waals surface area (Å²) in [6, 6.07) is -0.932. The van der Waals surface area contributed by atoms with Crippen LogP contribution in [0.25, 0.3) is 0 Å². The molecule has 1 aromatic rings. The number of amides is 2. The number of rotatable bonds is 5. The zero-order valence-corrected chi connectivity index (χ0v) is 22.1. The fraction of sp³-hybridized carbons (Fsp3) is 0.680. The minimum Gasteiger partial charge on any atom is -0.385 e. The van der Waals surface area contributed by atoms with Gasteiger partial charge in [-0.1, -0.05) is 32.1 Å². The van der Waals surface area contributed by atoms with Crippen molar-refractivity contribution in [3.05, 3.63) is 32.6 Å². The zero-order chi connectivity index (χ0) is 28.2. The van der Waals surface area contributed by atoms with Crippen LogP contribution in [0.2, 0.25) is 0 Å². The molecular weight excluding hydrogens is 520 g/mol. The number of aliphatic imine (C=N–C) groups is 1. The van der Waals surface area contributed by atoms with Crippen LogP contribution in [0, 0.1) is 17.8 Å². The third kappa shape index (κ3) is 4.32. The molecule has 2 aliphatic carbocycles. The van der Waals surface area contributed by atoms with Gasteiger partial charge in [0.1, 0.15) is 17.8 Å². The summed E-state index contributed by atoms with van der Waals surface area (Å²) < 4.78 is 0. The molecule has 216 valence electrons. The second-order valence-electron chi connectivity index (χ2n) is 11.7. The number of carbonyl (C=O) groups excluding carboxylic acids is 2. The fourth-order valence-corrected chi connectivity index (χ4v) is 7.73. The number of carbonyl (C=O) groups is 2. The van der Waals surface area contributed by atoms with Crippen LogP contribution < -0.4 is 43.7 Å². The maximum Gasteiger partial charge on any atom is 0.343 e. The van der Waals surface area contributed by atoms with Crippen molar-refractivity contribution < 1.29 is 19.7 Å². The summed E-state index contributed by atoms with van der Waals surface area (Å²) in [5, 5.41) is 20.6. The van der Waals surface area contributed by atoms with E-state index in [9.17, 15) is 24.3 Å². The first-order valence-corrected chi connectivity index (χ1v) is 14.1. The van der Waals surface area contributed by atoms with Crippen LogP contribution in [-0.4, -0.2) is 86.7 Å². The summed E-state index contributed by atoms with van der Waals surface area (Å²) in [5.74, 6) is 0.559. The molecule has 4 heterocycles. The summed E-state index contributed by atoms with van der Waals surface area (Å²) in [6.07, 6.45) is 6.63. The molecule has 3 aliphatic heterocycles. The average molecular weight is 558 g/mol. The highest BCUT2D eigenvalue weighted by molar-refractivity contribution is 5.92. The zero-order valence-electron chi connectivity index (χ0n) is 22.1. The van der Waals surface area contributed by atoms with Crippen molar-refractivity contribution in [1.29, 1.82) is 0 Å². The smallest absolute Gasteiger partial charge is 0.343 e. The minimum absolute atomic E-state index is 0.0254. The molecule has 1 saturated heterocycles. The number of nitrogens with one attached hydrogen (secondary N) is 6. The van der Waals surface area contributed by atoms with Crippen molar-refractivity contribution in [2.24, 2.45) is 34.2 Å².